The Bertz CT molecular complexity index is 350. The lowest BCUT2D eigenvalue weighted by Crippen LogP contribution is -2.40. The standard InChI is InChI=1S/C14H19F2N/c1-11(12-6-3-2-4-7-12)17-13-8-5-9-14(15,16)10-13/h2-4,6-7,11,13,17H,5,8-10H2,1H3/t11-,13+/m1/s1. The minimum absolute atomic E-state index is 0.0236. The smallest absolute Gasteiger partial charge is 0.249 e. The molecular weight excluding hydrogens is 220 g/mol. The van der Waals surface area contributed by atoms with E-state index in [1.165, 1.54) is 0 Å². The predicted octanol–water partition coefficient (Wildman–Crippen LogP) is 3.92. The molecule has 2 rings (SSSR count). The summed E-state index contributed by atoms with van der Waals surface area (Å²) in [5.74, 6) is -2.48. The van der Waals surface area contributed by atoms with Crippen LogP contribution < -0.4 is 5.32 Å². The molecule has 0 spiro atoms. The van der Waals surface area contributed by atoms with Crippen LogP contribution in [0.4, 0.5) is 8.78 Å². The molecule has 2 atom stereocenters. The highest BCUT2D eigenvalue weighted by Crippen LogP contribution is 2.33. The zero-order chi connectivity index (χ0) is 12.3. The van der Waals surface area contributed by atoms with Gasteiger partial charge in [0, 0.05) is 24.9 Å². The van der Waals surface area contributed by atoms with E-state index in [4.69, 9.17) is 0 Å². The maximum atomic E-state index is 13.3. The largest absolute Gasteiger partial charge is 0.307 e. The summed E-state index contributed by atoms with van der Waals surface area (Å²) in [6.45, 7) is 2.03. The third kappa shape index (κ3) is 3.50. The minimum atomic E-state index is -2.48. The van der Waals surface area contributed by atoms with Gasteiger partial charge in [0.05, 0.1) is 0 Å². The maximum Gasteiger partial charge on any atom is 0.249 e. The van der Waals surface area contributed by atoms with Crippen molar-refractivity contribution < 1.29 is 8.78 Å². The fraction of sp³-hybridized carbons (Fsp3) is 0.571. The highest BCUT2D eigenvalue weighted by molar-refractivity contribution is 5.18. The van der Waals surface area contributed by atoms with Crippen molar-refractivity contribution in [2.75, 3.05) is 0 Å². The fourth-order valence-corrected chi connectivity index (χ4v) is 2.51. The molecule has 1 aliphatic carbocycles. The summed E-state index contributed by atoms with van der Waals surface area (Å²) in [6, 6.07) is 10.0. The molecule has 0 heterocycles. The molecule has 0 amide bonds. The van der Waals surface area contributed by atoms with Gasteiger partial charge in [-0.15, -0.1) is 0 Å². The normalized spacial score (nSPS) is 25.5. The van der Waals surface area contributed by atoms with Crippen LogP contribution in [0.1, 0.15) is 44.2 Å². The number of alkyl halides is 2. The first kappa shape index (κ1) is 12.5. The van der Waals surface area contributed by atoms with E-state index in [9.17, 15) is 8.78 Å². The van der Waals surface area contributed by atoms with Crippen LogP contribution in [0.2, 0.25) is 0 Å². The molecule has 1 N–H and O–H groups in total. The first-order valence-corrected chi connectivity index (χ1v) is 6.26. The van der Waals surface area contributed by atoms with Gasteiger partial charge in [0.15, 0.2) is 0 Å². The van der Waals surface area contributed by atoms with Gasteiger partial charge in [-0.3, -0.25) is 0 Å². The van der Waals surface area contributed by atoms with Crippen LogP contribution in [0, 0.1) is 0 Å². The van der Waals surface area contributed by atoms with E-state index in [0.29, 0.717) is 6.42 Å². The summed E-state index contributed by atoms with van der Waals surface area (Å²) < 4.78 is 26.5. The van der Waals surface area contributed by atoms with Gasteiger partial charge in [-0.1, -0.05) is 30.3 Å². The van der Waals surface area contributed by atoms with Crippen molar-refractivity contribution in [3.05, 3.63) is 35.9 Å². The van der Waals surface area contributed by atoms with Gasteiger partial charge < -0.3 is 5.32 Å². The van der Waals surface area contributed by atoms with Crippen LogP contribution in [0.15, 0.2) is 30.3 Å². The van der Waals surface area contributed by atoms with Gasteiger partial charge in [0.25, 0.3) is 0 Å². The third-order valence-corrected chi connectivity index (χ3v) is 3.43. The predicted molar refractivity (Wildman–Crippen MR) is 65.2 cm³/mol. The average molecular weight is 239 g/mol. The molecule has 1 aromatic rings. The number of rotatable bonds is 3. The van der Waals surface area contributed by atoms with Gasteiger partial charge in [0.2, 0.25) is 5.92 Å². The van der Waals surface area contributed by atoms with Crippen molar-refractivity contribution in [1.29, 1.82) is 0 Å². The SMILES string of the molecule is C[C@@H](N[C@H]1CCCC(F)(F)C1)c1ccccc1. The molecule has 0 unspecified atom stereocenters. The molecular formula is C14H19F2N. The van der Waals surface area contributed by atoms with Crippen molar-refractivity contribution in [2.45, 2.75) is 50.6 Å². The number of hydrogen-bond acceptors (Lipinski definition) is 1. The number of benzene rings is 1. The highest BCUT2D eigenvalue weighted by atomic mass is 19.3. The molecule has 1 aliphatic rings. The quantitative estimate of drug-likeness (QED) is 0.843. The summed E-state index contributed by atoms with van der Waals surface area (Å²) in [5, 5.41) is 3.31. The third-order valence-electron chi connectivity index (χ3n) is 3.43. The summed E-state index contributed by atoms with van der Waals surface area (Å²) >= 11 is 0. The van der Waals surface area contributed by atoms with Crippen LogP contribution in [-0.4, -0.2) is 12.0 Å². The fourth-order valence-electron chi connectivity index (χ4n) is 2.51. The minimum Gasteiger partial charge on any atom is -0.307 e. The Balaban J connectivity index is 1.93. The molecule has 1 fully saturated rings. The Kier molecular flexibility index (Phi) is 3.77. The number of hydrogen-bond donors (Lipinski definition) is 1. The second-order valence-corrected chi connectivity index (χ2v) is 4.95. The molecule has 0 aromatic heterocycles. The molecule has 17 heavy (non-hydrogen) atoms. The van der Waals surface area contributed by atoms with Gasteiger partial charge in [0.1, 0.15) is 0 Å². The van der Waals surface area contributed by atoms with Crippen LogP contribution in [-0.2, 0) is 0 Å². The first-order valence-electron chi connectivity index (χ1n) is 6.26. The van der Waals surface area contributed by atoms with Crippen molar-refractivity contribution >= 4 is 0 Å². The number of halogens is 2. The van der Waals surface area contributed by atoms with E-state index < -0.39 is 5.92 Å². The topological polar surface area (TPSA) is 12.0 Å². The van der Waals surface area contributed by atoms with Gasteiger partial charge in [-0.25, -0.2) is 8.78 Å². The zero-order valence-corrected chi connectivity index (χ0v) is 10.1. The highest BCUT2D eigenvalue weighted by Gasteiger charge is 2.36. The molecule has 0 aliphatic heterocycles. The Morgan fingerprint density at radius 1 is 1.29 bits per heavy atom. The maximum absolute atomic E-state index is 13.3. The second kappa shape index (κ2) is 5.13. The van der Waals surface area contributed by atoms with Crippen LogP contribution in [0.3, 0.4) is 0 Å². The Morgan fingerprint density at radius 2 is 2.00 bits per heavy atom. The lowest BCUT2D eigenvalue weighted by atomic mass is 9.91. The zero-order valence-electron chi connectivity index (χ0n) is 10.1. The van der Waals surface area contributed by atoms with E-state index in [1.807, 2.05) is 37.3 Å². The summed E-state index contributed by atoms with van der Waals surface area (Å²) in [4.78, 5) is 0. The van der Waals surface area contributed by atoms with E-state index in [-0.39, 0.29) is 24.9 Å². The molecule has 1 saturated carbocycles. The van der Waals surface area contributed by atoms with E-state index in [0.717, 1.165) is 12.0 Å². The molecule has 1 nitrogen and oxygen atoms in total. The Hall–Kier alpha value is -0.960. The monoisotopic (exact) mass is 239 g/mol. The lowest BCUT2D eigenvalue weighted by molar-refractivity contribution is -0.0451. The molecule has 94 valence electrons. The van der Waals surface area contributed by atoms with E-state index >= 15 is 0 Å². The Morgan fingerprint density at radius 3 is 2.65 bits per heavy atom. The van der Waals surface area contributed by atoms with Gasteiger partial charge >= 0.3 is 0 Å². The van der Waals surface area contributed by atoms with Crippen molar-refractivity contribution in [1.82, 2.24) is 5.32 Å². The van der Waals surface area contributed by atoms with Crippen molar-refractivity contribution in [3.8, 4) is 0 Å². The van der Waals surface area contributed by atoms with Gasteiger partial charge in [-0.2, -0.15) is 0 Å². The van der Waals surface area contributed by atoms with Crippen LogP contribution in [0.25, 0.3) is 0 Å². The van der Waals surface area contributed by atoms with E-state index in [1.54, 1.807) is 0 Å². The second-order valence-electron chi connectivity index (χ2n) is 4.95. The number of nitrogens with one attached hydrogen (secondary N) is 1. The Labute approximate surface area is 101 Å². The van der Waals surface area contributed by atoms with Crippen LogP contribution >= 0.6 is 0 Å². The lowest BCUT2D eigenvalue weighted by Gasteiger charge is -2.31. The molecule has 0 saturated heterocycles. The summed E-state index contributed by atoms with van der Waals surface area (Å²) in [5.41, 5.74) is 1.15. The van der Waals surface area contributed by atoms with Crippen LogP contribution in [0.5, 0.6) is 0 Å². The van der Waals surface area contributed by atoms with Crippen molar-refractivity contribution in [3.63, 3.8) is 0 Å². The van der Waals surface area contributed by atoms with Gasteiger partial charge in [-0.05, 0) is 25.3 Å². The molecule has 0 bridgehead atoms. The summed E-state index contributed by atoms with van der Waals surface area (Å²) in [6.07, 6.45) is 1.49. The average Bonchev–Trinajstić information content (AvgIpc) is 2.29. The first-order chi connectivity index (χ1) is 8.07. The molecule has 1 aromatic carbocycles. The van der Waals surface area contributed by atoms with Crippen molar-refractivity contribution in [2.24, 2.45) is 0 Å². The summed E-state index contributed by atoms with van der Waals surface area (Å²) in [7, 11) is 0. The molecule has 3 heteroatoms. The molecule has 0 radical (unpaired) electrons. The van der Waals surface area contributed by atoms with E-state index in [2.05, 4.69) is 5.32 Å².